The summed E-state index contributed by atoms with van der Waals surface area (Å²) in [6.45, 7) is 2.59. The van der Waals surface area contributed by atoms with Crippen LogP contribution in [0.15, 0.2) is 0 Å². The lowest BCUT2D eigenvalue weighted by atomic mass is 9.80. The maximum Gasteiger partial charge on any atom is 0.245 e. The summed E-state index contributed by atoms with van der Waals surface area (Å²) in [5.41, 5.74) is -0.264. The fraction of sp³-hybridized carbons (Fsp3) is 0.900. The Morgan fingerprint density at radius 2 is 1.81 bits per heavy atom. The Hall–Kier alpha value is -1.14. The van der Waals surface area contributed by atoms with Crippen LogP contribution in [0.25, 0.3) is 0 Å². The fourth-order valence-electron chi connectivity index (χ4n) is 4.88. The number of ether oxygens (including phenoxy) is 1. The number of carbonyl (C=O) groups excluding carboxylic acids is 2. The number of carbonyl (C=O) groups is 2. The molecule has 0 bridgehead atoms. The Balaban J connectivity index is 1.62. The van der Waals surface area contributed by atoms with Gasteiger partial charge >= 0.3 is 0 Å². The van der Waals surface area contributed by atoms with E-state index in [4.69, 9.17) is 4.74 Å². The van der Waals surface area contributed by atoms with Crippen molar-refractivity contribution in [1.82, 2.24) is 9.80 Å². The molecule has 1 aliphatic carbocycles. The highest BCUT2D eigenvalue weighted by Crippen LogP contribution is 2.32. The summed E-state index contributed by atoms with van der Waals surface area (Å²) in [4.78, 5) is 29.6. The van der Waals surface area contributed by atoms with Crippen LogP contribution in [0.4, 0.5) is 0 Å². The molecule has 0 aromatic heterocycles. The molecule has 2 heterocycles. The molecule has 6 heteroatoms. The molecule has 1 atom stereocenters. The van der Waals surface area contributed by atoms with Crippen LogP contribution in [0.5, 0.6) is 0 Å². The van der Waals surface area contributed by atoms with Crippen LogP contribution in [0.2, 0.25) is 0 Å². The van der Waals surface area contributed by atoms with Gasteiger partial charge in [-0.15, -0.1) is 0 Å². The topological polar surface area (TPSA) is 70.1 Å². The monoisotopic (exact) mass is 366 g/mol. The highest BCUT2D eigenvalue weighted by atomic mass is 16.5. The second-order valence-corrected chi connectivity index (χ2v) is 8.49. The molecule has 2 amide bonds. The molecule has 148 valence electrons. The number of hydrogen-bond acceptors (Lipinski definition) is 4. The summed E-state index contributed by atoms with van der Waals surface area (Å²) in [7, 11) is 1.82. The molecule has 26 heavy (non-hydrogen) atoms. The van der Waals surface area contributed by atoms with Crippen molar-refractivity contribution in [1.29, 1.82) is 0 Å². The SMILES string of the molecule is CN(CC1(CO)CCOCC1)C(=O)[C@H]1CCCN1C(=O)C1CCCCC1. The molecule has 1 saturated carbocycles. The third-order valence-corrected chi connectivity index (χ3v) is 6.61. The summed E-state index contributed by atoms with van der Waals surface area (Å²) >= 11 is 0. The summed E-state index contributed by atoms with van der Waals surface area (Å²) in [6, 6.07) is -0.315. The Labute approximate surface area is 156 Å². The van der Waals surface area contributed by atoms with E-state index < -0.39 is 0 Å². The normalized spacial score (nSPS) is 26.7. The predicted octanol–water partition coefficient (Wildman–Crippen LogP) is 1.81. The van der Waals surface area contributed by atoms with E-state index in [1.165, 1.54) is 6.42 Å². The number of likely N-dealkylation sites (tertiary alicyclic amines) is 1. The molecule has 0 spiro atoms. The van der Waals surface area contributed by atoms with Crippen molar-refractivity contribution >= 4 is 11.8 Å². The van der Waals surface area contributed by atoms with E-state index in [9.17, 15) is 14.7 Å². The maximum absolute atomic E-state index is 13.1. The minimum Gasteiger partial charge on any atom is -0.396 e. The summed E-state index contributed by atoms with van der Waals surface area (Å²) < 4.78 is 5.42. The standard InChI is InChI=1S/C20H34N2O4/c1-21(14-20(15-23)9-12-26-13-10-20)19(25)17-8-5-11-22(17)18(24)16-6-3-2-4-7-16/h16-17,23H,2-15H2,1H3/t17-/m1/s1. The molecule has 1 N–H and O–H groups in total. The van der Waals surface area contributed by atoms with Gasteiger partial charge in [0.25, 0.3) is 0 Å². The van der Waals surface area contributed by atoms with Crippen molar-refractivity contribution in [2.45, 2.75) is 63.8 Å². The van der Waals surface area contributed by atoms with Crippen molar-refractivity contribution in [3.8, 4) is 0 Å². The average Bonchev–Trinajstić information content (AvgIpc) is 3.18. The van der Waals surface area contributed by atoms with E-state index in [1.54, 1.807) is 4.90 Å². The van der Waals surface area contributed by atoms with Crippen molar-refractivity contribution in [3.63, 3.8) is 0 Å². The van der Waals surface area contributed by atoms with Gasteiger partial charge in [0, 0.05) is 44.7 Å². The highest BCUT2D eigenvalue weighted by Gasteiger charge is 2.41. The van der Waals surface area contributed by atoms with E-state index in [0.29, 0.717) is 26.3 Å². The molecular weight excluding hydrogens is 332 g/mol. The van der Waals surface area contributed by atoms with Gasteiger partial charge in [-0.05, 0) is 38.5 Å². The smallest absolute Gasteiger partial charge is 0.245 e. The predicted molar refractivity (Wildman–Crippen MR) is 98.5 cm³/mol. The van der Waals surface area contributed by atoms with Crippen LogP contribution in [0.3, 0.4) is 0 Å². The molecule has 6 nitrogen and oxygen atoms in total. The molecule has 3 fully saturated rings. The molecule has 0 unspecified atom stereocenters. The molecule has 3 aliphatic rings. The molecule has 2 aliphatic heterocycles. The first-order valence-electron chi connectivity index (χ1n) is 10.3. The zero-order chi connectivity index (χ0) is 18.6. The van der Waals surface area contributed by atoms with Crippen molar-refractivity contribution in [2.24, 2.45) is 11.3 Å². The van der Waals surface area contributed by atoms with Crippen molar-refractivity contribution in [3.05, 3.63) is 0 Å². The second-order valence-electron chi connectivity index (χ2n) is 8.49. The van der Waals surface area contributed by atoms with Gasteiger partial charge in [0.15, 0.2) is 0 Å². The van der Waals surface area contributed by atoms with Crippen LogP contribution < -0.4 is 0 Å². The molecule has 0 radical (unpaired) electrons. The minimum atomic E-state index is -0.315. The first-order valence-corrected chi connectivity index (χ1v) is 10.3. The van der Waals surface area contributed by atoms with Crippen molar-refractivity contribution < 1.29 is 19.4 Å². The third kappa shape index (κ3) is 4.22. The maximum atomic E-state index is 13.1. The molecule has 3 rings (SSSR count). The Kier molecular flexibility index (Phi) is 6.56. The third-order valence-electron chi connectivity index (χ3n) is 6.61. The Morgan fingerprint density at radius 1 is 1.12 bits per heavy atom. The summed E-state index contributed by atoms with van der Waals surface area (Å²) in [5.74, 6) is 0.338. The Bertz CT molecular complexity index is 498. The first-order chi connectivity index (χ1) is 12.6. The van der Waals surface area contributed by atoms with Gasteiger partial charge in [-0.25, -0.2) is 0 Å². The number of likely N-dealkylation sites (N-methyl/N-ethyl adjacent to an activating group) is 1. The van der Waals surface area contributed by atoms with Gasteiger partial charge in [-0.2, -0.15) is 0 Å². The molecule has 0 aromatic carbocycles. The number of aliphatic hydroxyl groups is 1. The lowest BCUT2D eigenvalue weighted by molar-refractivity contribution is -0.147. The lowest BCUT2D eigenvalue weighted by Crippen LogP contribution is -2.52. The van der Waals surface area contributed by atoms with E-state index in [-0.39, 0.29) is 35.8 Å². The van der Waals surface area contributed by atoms with Crippen LogP contribution in [-0.4, -0.2) is 72.7 Å². The average molecular weight is 367 g/mol. The van der Waals surface area contributed by atoms with Crippen LogP contribution >= 0.6 is 0 Å². The van der Waals surface area contributed by atoms with Gasteiger partial charge in [-0.3, -0.25) is 9.59 Å². The first kappa shape index (κ1) is 19.6. The number of rotatable bonds is 5. The zero-order valence-corrected chi connectivity index (χ0v) is 16.1. The van der Waals surface area contributed by atoms with Gasteiger partial charge in [0.05, 0.1) is 6.61 Å². The fourth-order valence-corrected chi connectivity index (χ4v) is 4.88. The van der Waals surface area contributed by atoms with Gasteiger partial charge < -0.3 is 19.6 Å². The quantitative estimate of drug-likeness (QED) is 0.806. The van der Waals surface area contributed by atoms with Gasteiger partial charge in [-0.1, -0.05) is 19.3 Å². The minimum absolute atomic E-state index is 0.0333. The van der Waals surface area contributed by atoms with Crippen LogP contribution in [0, 0.1) is 11.3 Å². The van der Waals surface area contributed by atoms with Crippen LogP contribution in [-0.2, 0) is 14.3 Å². The number of nitrogens with zero attached hydrogens (tertiary/aromatic N) is 2. The number of aliphatic hydroxyl groups excluding tert-OH is 1. The van der Waals surface area contributed by atoms with Gasteiger partial charge in [0.2, 0.25) is 11.8 Å². The van der Waals surface area contributed by atoms with Crippen LogP contribution in [0.1, 0.15) is 57.8 Å². The van der Waals surface area contributed by atoms with E-state index in [1.807, 2.05) is 11.9 Å². The zero-order valence-electron chi connectivity index (χ0n) is 16.1. The van der Waals surface area contributed by atoms with E-state index in [2.05, 4.69) is 0 Å². The van der Waals surface area contributed by atoms with Gasteiger partial charge in [0.1, 0.15) is 6.04 Å². The van der Waals surface area contributed by atoms with E-state index in [0.717, 1.165) is 51.4 Å². The van der Waals surface area contributed by atoms with E-state index >= 15 is 0 Å². The van der Waals surface area contributed by atoms with Crippen molar-refractivity contribution in [2.75, 3.05) is 40.0 Å². The molecule has 0 aromatic rings. The summed E-state index contributed by atoms with van der Waals surface area (Å²) in [5, 5.41) is 9.89. The summed E-state index contributed by atoms with van der Waals surface area (Å²) in [6.07, 6.45) is 8.64. The second kappa shape index (κ2) is 8.70. The molecular formula is C20H34N2O4. The largest absolute Gasteiger partial charge is 0.396 e. The Morgan fingerprint density at radius 3 is 2.46 bits per heavy atom. The number of amides is 2. The number of hydrogen-bond donors (Lipinski definition) is 1. The molecule has 2 saturated heterocycles. The lowest BCUT2D eigenvalue weighted by Gasteiger charge is -2.40. The highest BCUT2D eigenvalue weighted by molar-refractivity contribution is 5.89.